The van der Waals surface area contributed by atoms with Crippen LogP contribution in [0.25, 0.3) is 0 Å². The van der Waals surface area contributed by atoms with Crippen molar-refractivity contribution in [3.05, 3.63) is 99.8 Å². The summed E-state index contributed by atoms with van der Waals surface area (Å²) in [5.41, 5.74) is 0.892. The zero-order chi connectivity index (χ0) is 26.3. The summed E-state index contributed by atoms with van der Waals surface area (Å²) in [5.74, 6) is -1.53. The number of aliphatic hydroxyl groups is 1. The van der Waals surface area contributed by atoms with E-state index in [0.717, 1.165) is 11.6 Å². The van der Waals surface area contributed by atoms with Gasteiger partial charge in [0.05, 0.1) is 23.5 Å². The van der Waals surface area contributed by atoms with Crippen molar-refractivity contribution in [2.45, 2.75) is 28.9 Å². The van der Waals surface area contributed by atoms with Crippen LogP contribution in [0, 0.1) is 11.7 Å². The number of rotatable bonds is 11. The first kappa shape index (κ1) is 28.5. The smallest absolute Gasteiger partial charge is 0.224 e. The number of hydrogen-bond donors (Lipinski definition) is 2. The summed E-state index contributed by atoms with van der Waals surface area (Å²) in [5, 5.41) is 11.5. The molecule has 36 heavy (non-hydrogen) atoms. The first-order valence-corrected chi connectivity index (χ1v) is 14.6. The molecule has 0 fully saturated rings. The van der Waals surface area contributed by atoms with Gasteiger partial charge < -0.3 is 10.4 Å². The average Bonchev–Trinajstić information content (AvgIpc) is 2.86. The monoisotopic (exact) mass is 569 g/mol. The summed E-state index contributed by atoms with van der Waals surface area (Å²) in [6.07, 6.45) is 0. The van der Waals surface area contributed by atoms with E-state index in [1.807, 2.05) is 30.3 Å². The van der Waals surface area contributed by atoms with Crippen LogP contribution < -0.4 is 5.32 Å². The number of halogens is 3. The van der Waals surface area contributed by atoms with Gasteiger partial charge in [0, 0.05) is 27.1 Å². The van der Waals surface area contributed by atoms with Crippen LogP contribution in [-0.2, 0) is 20.4 Å². The van der Waals surface area contributed by atoms with Gasteiger partial charge in [-0.2, -0.15) is 11.8 Å². The lowest BCUT2D eigenvalue weighted by atomic mass is 9.98. The molecule has 3 aromatic rings. The Morgan fingerprint density at radius 1 is 1.03 bits per heavy atom. The van der Waals surface area contributed by atoms with E-state index in [-0.39, 0.29) is 22.1 Å². The molecular weight excluding hydrogens is 544 g/mol. The number of amides is 1. The fourth-order valence-corrected chi connectivity index (χ4v) is 7.02. The van der Waals surface area contributed by atoms with Gasteiger partial charge >= 0.3 is 0 Å². The SMILES string of the molecule is CC(C(=O)NC(CO)CSCc1ccccc1)C(c1cc(Cl)ccc1F)S(=O)(=O)c1ccc(Cl)cc1. The Kier molecular flexibility index (Phi) is 10.2. The van der Waals surface area contributed by atoms with Gasteiger partial charge in [0.2, 0.25) is 5.91 Å². The molecule has 0 aliphatic rings. The molecule has 0 bridgehead atoms. The van der Waals surface area contributed by atoms with E-state index < -0.39 is 38.8 Å². The van der Waals surface area contributed by atoms with Gasteiger partial charge in [-0.3, -0.25) is 4.79 Å². The maximum Gasteiger partial charge on any atom is 0.224 e. The Bertz CT molecular complexity index is 1270. The van der Waals surface area contributed by atoms with Gasteiger partial charge in [-0.1, -0.05) is 60.5 Å². The molecule has 0 radical (unpaired) electrons. The number of thioether (sulfide) groups is 1. The van der Waals surface area contributed by atoms with Crippen LogP contribution in [0.1, 0.15) is 23.3 Å². The molecule has 2 N–H and O–H groups in total. The summed E-state index contributed by atoms with van der Waals surface area (Å²) in [7, 11) is -4.24. The molecule has 0 aliphatic carbocycles. The van der Waals surface area contributed by atoms with E-state index in [1.165, 1.54) is 55.1 Å². The molecule has 0 aromatic heterocycles. The van der Waals surface area contributed by atoms with Crippen molar-refractivity contribution in [2.75, 3.05) is 12.4 Å². The van der Waals surface area contributed by atoms with Gasteiger partial charge in [0.1, 0.15) is 11.1 Å². The third-order valence-electron chi connectivity index (χ3n) is 5.61. The van der Waals surface area contributed by atoms with Crippen molar-refractivity contribution in [3.63, 3.8) is 0 Å². The standard InChI is InChI=1S/C26H26Cl2FNO4S2/c1-17(26(32)30-21(14-31)16-35-15-18-5-3-2-4-6-18)25(23-13-20(28)9-12-24(23)29)36(33,34)22-10-7-19(27)8-11-22/h2-13,17,21,25,31H,14-16H2,1H3,(H,30,32). The number of nitrogens with one attached hydrogen (secondary N) is 1. The minimum absolute atomic E-state index is 0.104. The molecule has 3 rings (SSSR count). The Labute approximate surface area is 224 Å². The van der Waals surface area contributed by atoms with E-state index in [2.05, 4.69) is 5.32 Å². The number of carbonyl (C=O) groups is 1. The van der Waals surface area contributed by atoms with Crippen molar-refractivity contribution in [1.29, 1.82) is 0 Å². The molecule has 3 aromatic carbocycles. The lowest BCUT2D eigenvalue weighted by Gasteiger charge is -2.26. The van der Waals surface area contributed by atoms with Crippen molar-refractivity contribution < 1.29 is 22.7 Å². The molecule has 0 saturated carbocycles. The van der Waals surface area contributed by atoms with E-state index in [1.54, 1.807) is 0 Å². The Balaban J connectivity index is 1.84. The summed E-state index contributed by atoms with van der Waals surface area (Å²) >= 11 is 13.5. The van der Waals surface area contributed by atoms with Crippen molar-refractivity contribution in [2.24, 2.45) is 5.92 Å². The number of hydrogen-bond acceptors (Lipinski definition) is 5. The maximum atomic E-state index is 14.9. The van der Waals surface area contributed by atoms with Crippen molar-refractivity contribution >= 4 is 50.7 Å². The molecular formula is C26H26Cl2FNO4S2. The first-order valence-electron chi connectivity index (χ1n) is 11.1. The molecule has 5 nitrogen and oxygen atoms in total. The minimum atomic E-state index is -4.24. The Morgan fingerprint density at radius 2 is 1.67 bits per heavy atom. The highest BCUT2D eigenvalue weighted by molar-refractivity contribution is 7.98. The highest BCUT2D eigenvalue weighted by atomic mass is 35.5. The van der Waals surface area contributed by atoms with Gasteiger partial charge in [-0.25, -0.2) is 12.8 Å². The second-order valence-electron chi connectivity index (χ2n) is 8.26. The van der Waals surface area contributed by atoms with Crippen LogP contribution >= 0.6 is 35.0 Å². The van der Waals surface area contributed by atoms with Crippen molar-refractivity contribution in [3.8, 4) is 0 Å². The summed E-state index contributed by atoms with van der Waals surface area (Å²) in [4.78, 5) is 13.1. The lowest BCUT2D eigenvalue weighted by Crippen LogP contribution is -2.44. The molecule has 10 heteroatoms. The zero-order valence-electron chi connectivity index (χ0n) is 19.4. The summed E-state index contributed by atoms with van der Waals surface area (Å²) in [6, 6.07) is 18.2. The predicted octanol–water partition coefficient (Wildman–Crippen LogP) is 5.69. The van der Waals surface area contributed by atoms with E-state index >= 15 is 0 Å². The molecule has 3 atom stereocenters. The topological polar surface area (TPSA) is 83.5 Å². The lowest BCUT2D eigenvalue weighted by molar-refractivity contribution is -0.125. The minimum Gasteiger partial charge on any atom is -0.394 e. The number of benzene rings is 3. The fraction of sp³-hybridized carbons (Fsp3) is 0.269. The van der Waals surface area contributed by atoms with Gasteiger partial charge in [-0.15, -0.1) is 0 Å². The molecule has 3 unspecified atom stereocenters. The number of aliphatic hydroxyl groups excluding tert-OH is 1. The molecule has 0 heterocycles. The van der Waals surface area contributed by atoms with E-state index in [0.29, 0.717) is 16.5 Å². The highest BCUT2D eigenvalue weighted by Crippen LogP contribution is 2.38. The van der Waals surface area contributed by atoms with Gasteiger partial charge in [-0.05, 0) is 48.0 Å². The maximum absolute atomic E-state index is 14.9. The Hall–Kier alpha value is -2.10. The van der Waals surface area contributed by atoms with Crippen LogP contribution in [0.2, 0.25) is 10.0 Å². The quantitative estimate of drug-likeness (QED) is 0.309. The normalized spacial score (nSPS) is 14.1. The second-order valence-corrected chi connectivity index (χ2v) is 12.2. The van der Waals surface area contributed by atoms with Gasteiger partial charge in [0.25, 0.3) is 0 Å². The molecule has 192 valence electrons. The van der Waals surface area contributed by atoms with Crippen LogP contribution in [-0.4, -0.2) is 37.8 Å². The van der Waals surface area contributed by atoms with Gasteiger partial charge in [0.15, 0.2) is 9.84 Å². The predicted molar refractivity (Wildman–Crippen MR) is 144 cm³/mol. The molecule has 0 saturated heterocycles. The summed E-state index contributed by atoms with van der Waals surface area (Å²) in [6.45, 7) is 1.08. The molecule has 1 amide bonds. The van der Waals surface area contributed by atoms with Crippen LogP contribution in [0.3, 0.4) is 0 Å². The zero-order valence-corrected chi connectivity index (χ0v) is 22.5. The second kappa shape index (κ2) is 12.9. The van der Waals surface area contributed by atoms with Crippen LogP contribution in [0.15, 0.2) is 77.7 Å². The van der Waals surface area contributed by atoms with E-state index in [9.17, 15) is 22.7 Å². The van der Waals surface area contributed by atoms with Crippen LogP contribution in [0.5, 0.6) is 0 Å². The fourth-order valence-electron chi connectivity index (χ4n) is 3.71. The molecule has 0 aliphatic heterocycles. The first-order chi connectivity index (χ1) is 17.1. The molecule has 0 spiro atoms. The van der Waals surface area contributed by atoms with E-state index in [4.69, 9.17) is 23.2 Å². The number of sulfone groups is 1. The third-order valence-corrected chi connectivity index (χ3v) is 9.53. The summed E-state index contributed by atoms with van der Waals surface area (Å²) < 4.78 is 42.2. The van der Waals surface area contributed by atoms with Crippen LogP contribution in [0.4, 0.5) is 4.39 Å². The third kappa shape index (κ3) is 7.23. The van der Waals surface area contributed by atoms with Crippen molar-refractivity contribution in [1.82, 2.24) is 5.32 Å². The largest absolute Gasteiger partial charge is 0.394 e. The Morgan fingerprint density at radius 3 is 2.31 bits per heavy atom. The average molecular weight is 571 g/mol. The highest BCUT2D eigenvalue weighted by Gasteiger charge is 2.39. The number of carbonyl (C=O) groups excluding carboxylic acids is 1.